The van der Waals surface area contributed by atoms with Crippen molar-refractivity contribution in [3.05, 3.63) is 27.1 Å². The molecule has 1 aromatic carbocycles. The molecule has 6 nitrogen and oxygen atoms in total. The second-order valence-electron chi connectivity index (χ2n) is 3.63. The lowest BCUT2D eigenvalue weighted by atomic mass is 10.2. The standard InChI is InChI=1S/C11H12Br2N2O4/c12-6-1-2-8(7(13)5-6)14-11(19)15-9(3-4-16)10(17)18/h1-2,5,9,16H,3-4H2,(H,17,18)(H2,14,15,19). The number of hydrogen-bond acceptors (Lipinski definition) is 3. The number of aliphatic carboxylic acids is 1. The van der Waals surface area contributed by atoms with Gasteiger partial charge in [0.15, 0.2) is 0 Å². The number of carbonyl (C=O) groups is 2. The van der Waals surface area contributed by atoms with Gasteiger partial charge in [-0.05, 0) is 34.1 Å². The van der Waals surface area contributed by atoms with Crippen LogP contribution in [-0.4, -0.2) is 34.9 Å². The maximum absolute atomic E-state index is 11.6. The van der Waals surface area contributed by atoms with Gasteiger partial charge in [-0.1, -0.05) is 15.9 Å². The second-order valence-corrected chi connectivity index (χ2v) is 5.40. The number of carbonyl (C=O) groups excluding carboxylic acids is 1. The number of aliphatic hydroxyl groups is 1. The molecular weight excluding hydrogens is 384 g/mol. The van der Waals surface area contributed by atoms with E-state index < -0.39 is 18.0 Å². The first-order valence-electron chi connectivity index (χ1n) is 5.30. The zero-order valence-electron chi connectivity index (χ0n) is 9.69. The van der Waals surface area contributed by atoms with Gasteiger partial charge in [0, 0.05) is 22.0 Å². The van der Waals surface area contributed by atoms with Crippen LogP contribution in [0, 0.1) is 0 Å². The maximum Gasteiger partial charge on any atom is 0.326 e. The zero-order chi connectivity index (χ0) is 14.4. The Kier molecular flexibility index (Phi) is 6.26. The van der Waals surface area contributed by atoms with Crippen molar-refractivity contribution in [2.24, 2.45) is 0 Å². The lowest BCUT2D eigenvalue weighted by molar-refractivity contribution is -0.139. The Bertz CT molecular complexity index is 482. The number of hydrogen-bond donors (Lipinski definition) is 4. The van der Waals surface area contributed by atoms with Gasteiger partial charge in [0.25, 0.3) is 0 Å². The normalized spacial score (nSPS) is 11.7. The highest BCUT2D eigenvalue weighted by Crippen LogP contribution is 2.25. The molecular formula is C11H12Br2N2O4. The summed E-state index contributed by atoms with van der Waals surface area (Å²) in [6, 6.07) is 3.37. The lowest BCUT2D eigenvalue weighted by Crippen LogP contribution is -2.43. The van der Waals surface area contributed by atoms with E-state index in [9.17, 15) is 9.59 Å². The van der Waals surface area contributed by atoms with Crippen molar-refractivity contribution in [2.75, 3.05) is 11.9 Å². The number of nitrogens with one attached hydrogen (secondary N) is 2. The molecule has 0 spiro atoms. The van der Waals surface area contributed by atoms with Crippen LogP contribution in [-0.2, 0) is 4.79 Å². The number of anilines is 1. The third-order valence-corrected chi connectivity index (χ3v) is 3.35. The van der Waals surface area contributed by atoms with Crippen LogP contribution >= 0.6 is 31.9 Å². The number of carboxylic acids is 1. The number of benzene rings is 1. The molecule has 0 heterocycles. The molecule has 104 valence electrons. The molecule has 0 fully saturated rings. The first-order chi connectivity index (χ1) is 8.93. The van der Waals surface area contributed by atoms with Gasteiger partial charge < -0.3 is 20.8 Å². The highest BCUT2D eigenvalue weighted by Gasteiger charge is 2.19. The molecule has 19 heavy (non-hydrogen) atoms. The molecule has 0 aromatic heterocycles. The average molecular weight is 396 g/mol. The van der Waals surface area contributed by atoms with E-state index in [1.54, 1.807) is 18.2 Å². The van der Waals surface area contributed by atoms with Crippen molar-refractivity contribution in [2.45, 2.75) is 12.5 Å². The fraction of sp³-hybridized carbons (Fsp3) is 0.273. The van der Waals surface area contributed by atoms with Crippen LogP contribution < -0.4 is 10.6 Å². The molecule has 0 aliphatic heterocycles. The van der Waals surface area contributed by atoms with Crippen LogP contribution in [0.4, 0.5) is 10.5 Å². The predicted octanol–water partition coefficient (Wildman–Crippen LogP) is 2.17. The second kappa shape index (κ2) is 7.46. The third kappa shape index (κ3) is 5.17. The monoisotopic (exact) mass is 394 g/mol. The lowest BCUT2D eigenvalue weighted by Gasteiger charge is -2.14. The van der Waals surface area contributed by atoms with Crippen molar-refractivity contribution >= 4 is 49.5 Å². The summed E-state index contributed by atoms with van der Waals surface area (Å²) in [7, 11) is 0. The molecule has 0 radical (unpaired) electrons. The number of amides is 2. The Morgan fingerprint density at radius 2 is 2.00 bits per heavy atom. The maximum atomic E-state index is 11.6. The first-order valence-corrected chi connectivity index (χ1v) is 6.89. The van der Waals surface area contributed by atoms with E-state index in [0.717, 1.165) is 4.47 Å². The number of carboxylic acid groups (broad SMARTS) is 1. The van der Waals surface area contributed by atoms with Crippen LogP contribution in [0.25, 0.3) is 0 Å². The Hall–Kier alpha value is -1.12. The molecule has 4 N–H and O–H groups in total. The molecule has 0 saturated heterocycles. The van der Waals surface area contributed by atoms with Crippen molar-refractivity contribution in [1.29, 1.82) is 0 Å². The molecule has 0 saturated carbocycles. The minimum Gasteiger partial charge on any atom is -0.480 e. The van der Waals surface area contributed by atoms with E-state index in [1.807, 2.05) is 0 Å². The summed E-state index contributed by atoms with van der Waals surface area (Å²) in [6.45, 7) is -0.320. The fourth-order valence-electron chi connectivity index (χ4n) is 1.29. The van der Waals surface area contributed by atoms with Crippen molar-refractivity contribution in [3.63, 3.8) is 0 Å². The molecule has 0 bridgehead atoms. The van der Waals surface area contributed by atoms with Gasteiger partial charge in [0.05, 0.1) is 5.69 Å². The van der Waals surface area contributed by atoms with E-state index in [2.05, 4.69) is 42.5 Å². The summed E-state index contributed by atoms with van der Waals surface area (Å²) in [5, 5.41) is 22.3. The largest absolute Gasteiger partial charge is 0.480 e. The van der Waals surface area contributed by atoms with E-state index in [1.165, 1.54) is 0 Å². The third-order valence-electron chi connectivity index (χ3n) is 2.20. The van der Waals surface area contributed by atoms with E-state index >= 15 is 0 Å². The average Bonchev–Trinajstić information content (AvgIpc) is 2.32. The highest BCUT2D eigenvalue weighted by atomic mass is 79.9. The molecule has 0 aliphatic carbocycles. The van der Waals surface area contributed by atoms with E-state index in [0.29, 0.717) is 10.2 Å². The molecule has 1 unspecified atom stereocenters. The molecule has 1 aromatic rings. The Labute approximate surface area is 126 Å². The van der Waals surface area contributed by atoms with E-state index in [4.69, 9.17) is 10.2 Å². The molecule has 1 rings (SSSR count). The zero-order valence-corrected chi connectivity index (χ0v) is 12.9. The van der Waals surface area contributed by atoms with Gasteiger partial charge in [0.1, 0.15) is 6.04 Å². The van der Waals surface area contributed by atoms with Crippen molar-refractivity contribution in [1.82, 2.24) is 5.32 Å². The summed E-state index contributed by atoms with van der Waals surface area (Å²) in [4.78, 5) is 22.5. The Balaban J connectivity index is 2.66. The number of halogens is 2. The number of urea groups is 1. The summed E-state index contributed by atoms with van der Waals surface area (Å²) in [5.74, 6) is -1.20. The summed E-state index contributed by atoms with van der Waals surface area (Å²) >= 11 is 6.55. The van der Waals surface area contributed by atoms with Crippen molar-refractivity contribution < 1.29 is 19.8 Å². The van der Waals surface area contributed by atoms with Crippen LogP contribution in [0.1, 0.15) is 6.42 Å². The number of aliphatic hydroxyl groups excluding tert-OH is 1. The van der Waals surface area contributed by atoms with Crippen LogP contribution in [0.15, 0.2) is 27.1 Å². The fourth-order valence-corrected chi connectivity index (χ4v) is 2.44. The smallest absolute Gasteiger partial charge is 0.326 e. The van der Waals surface area contributed by atoms with Gasteiger partial charge in [-0.15, -0.1) is 0 Å². The molecule has 1 atom stereocenters. The summed E-state index contributed by atoms with van der Waals surface area (Å²) in [5.41, 5.74) is 0.508. The van der Waals surface area contributed by atoms with Gasteiger partial charge >= 0.3 is 12.0 Å². The van der Waals surface area contributed by atoms with Crippen molar-refractivity contribution in [3.8, 4) is 0 Å². The molecule has 8 heteroatoms. The van der Waals surface area contributed by atoms with Gasteiger partial charge in [-0.3, -0.25) is 0 Å². The van der Waals surface area contributed by atoms with E-state index in [-0.39, 0.29) is 13.0 Å². The minimum atomic E-state index is -1.20. The molecule has 0 aliphatic rings. The van der Waals surface area contributed by atoms with Gasteiger partial charge in [-0.2, -0.15) is 0 Å². The Morgan fingerprint density at radius 1 is 1.32 bits per heavy atom. The topological polar surface area (TPSA) is 98.7 Å². The number of rotatable bonds is 5. The van der Waals surface area contributed by atoms with Gasteiger partial charge in [0.2, 0.25) is 0 Å². The van der Waals surface area contributed by atoms with Crippen LogP contribution in [0.3, 0.4) is 0 Å². The van der Waals surface area contributed by atoms with Crippen LogP contribution in [0.5, 0.6) is 0 Å². The highest BCUT2D eigenvalue weighted by molar-refractivity contribution is 9.11. The predicted molar refractivity (Wildman–Crippen MR) is 77.1 cm³/mol. The Morgan fingerprint density at radius 3 is 2.53 bits per heavy atom. The van der Waals surface area contributed by atoms with Gasteiger partial charge in [-0.25, -0.2) is 9.59 Å². The first kappa shape index (κ1) is 15.9. The quantitative estimate of drug-likeness (QED) is 0.613. The SMILES string of the molecule is O=C(Nc1ccc(Br)cc1Br)NC(CCO)C(=O)O. The minimum absolute atomic E-state index is 0.0513. The van der Waals surface area contributed by atoms with Crippen LogP contribution in [0.2, 0.25) is 0 Å². The summed E-state index contributed by atoms with van der Waals surface area (Å²) < 4.78 is 1.50. The molecule has 2 amide bonds. The summed E-state index contributed by atoms with van der Waals surface area (Å²) in [6.07, 6.45) is -0.0513.